The summed E-state index contributed by atoms with van der Waals surface area (Å²) in [7, 11) is 0. The van der Waals surface area contributed by atoms with Crippen molar-refractivity contribution in [2.45, 2.75) is 26.4 Å². The highest BCUT2D eigenvalue weighted by atomic mass is 19.1. The van der Waals surface area contributed by atoms with Crippen molar-refractivity contribution in [3.63, 3.8) is 0 Å². The number of carbonyl (C=O) groups is 1. The molecule has 0 aromatic heterocycles. The van der Waals surface area contributed by atoms with E-state index in [9.17, 15) is 14.3 Å². The van der Waals surface area contributed by atoms with Gasteiger partial charge in [0.1, 0.15) is 0 Å². The first kappa shape index (κ1) is 14.8. The van der Waals surface area contributed by atoms with E-state index in [-0.39, 0.29) is 24.2 Å². The molecule has 1 aliphatic rings. The third-order valence-electron chi connectivity index (χ3n) is 3.71. The molecule has 1 aromatic rings. The summed E-state index contributed by atoms with van der Waals surface area (Å²) in [6, 6.07) is 4.53. The lowest BCUT2D eigenvalue weighted by Crippen LogP contribution is -2.47. The number of β-amino-alcohol motifs (C(OH)–C–C–N with tert-alkyl or cyclic N) is 1. The molecule has 0 radical (unpaired) electrons. The summed E-state index contributed by atoms with van der Waals surface area (Å²) < 4.78 is 18.7. The number of aliphatic hydroxyl groups is 1. The van der Waals surface area contributed by atoms with Gasteiger partial charge in [-0.25, -0.2) is 4.39 Å². The number of piperidine rings is 1. The zero-order valence-corrected chi connectivity index (χ0v) is 11.8. The lowest BCUT2D eigenvalue weighted by atomic mass is 9.96. The van der Waals surface area contributed by atoms with Gasteiger partial charge in [-0.05, 0) is 37.0 Å². The van der Waals surface area contributed by atoms with E-state index in [4.69, 9.17) is 4.74 Å². The number of aliphatic hydroxyl groups excluding tert-OH is 1. The van der Waals surface area contributed by atoms with Gasteiger partial charge in [-0.3, -0.25) is 4.79 Å². The molecule has 1 fully saturated rings. The molecule has 1 amide bonds. The predicted molar refractivity (Wildman–Crippen MR) is 73.0 cm³/mol. The highest BCUT2D eigenvalue weighted by Gasteiger charge is 2.27. The molecule has 0 aliphatic carbocycles. The average Bonchev–Trinajstić information content (AvgIpc) is 2.42. The van der Waals surface area contributed by atoms with E-state index in [1.165, 1.54) is 6.07 Å². The Labute approximate surface area is 118 Å². The largest absolute Gasteiger partial charge is 0.481 e. The van der Waals surface area contributed by atoms with E-state index in [0.29, 0.717) is 13.1 Å². The van der Waals surface area contributed by atoms with Gasteiger partial charge < -0.3 is 14.7 Å². The molecule has 2 rings (SSSR count). The highest BCUT2D eigenvalue weighted by molar-refractivity contribution is 5.78. The standard InChI is InChI=1S/C15H20FNO3/c1-10-3-4-12(16)14(7-10)20-9-15(19)17-6-5-11(2)13(18)8-17/h3-4,7,11,13,18H,5-6,8-9H2,1-2H3. The monoisotopic (exact) mass is 281 g/mol. The minimum atomic E-state index is -0.497. The molecule has 4 nitrogen and oxygen atoms in total. The third kappa shape index (κ3) is 3.48. The van der Waals surface area contributed by atoms with Crippen molar-refractivity contribution < 1.29 is 19.0 Å². The number of aryl methyl sites for hydroxylation is 1. The number of likely N-dealkylation sites (tertiary alicyclic amines) is 1. The minimum Gasteiger partial charge on any atom is -0.481 e. The minimum absolute atomic E-state index is 0.0873. The molecular formula is C15H20FNO3. The summed E-state index contributed by atoms with van der Waals surface area (Å²) in [5, 5.41) is 9.77. The van der Waals surface area contributed by atoms with E-state index in [2.05, 4.69) is 0 Å². The molecule has 110 valence electrons. The smallest absolute Gasteiger partial charge is 0.260 e. The number of amides is 1. The zero-order valence-electron chi connectivity index (χ0n) is 11.8. The van der Waals surface area contributed by atoms with Crippen LogP contribution in [0.5, 0.6) is 5.75 Å². The maximum atomic E-state index is 13.5. The predicted octanol–water partition coefficient (Wildman–Crippen LogP) is 1.74. The van der Waals surface area contributed by atoms with E-state index >= 15 is 0 Å². The van der Waals surface area contributed by atoms with E-state index in [1.807, 2.05) is 13.8 Å². The molecule has 20 heavy (non-hydrogen) atoms. The first-order valence-corrected chi connectivity index (χ1v) is 6.82. The first-order chi connectivity index (χ1) is 9.47. The number of rotatable bonds is 3. The number of benzene rings is 1. The van der Waals surface area contributed by atoms with Crippen molar-refractivity contribution in [3.8, 4) is 5.75 Å². The van der Waals surface area contributed by atoms with Gasteiger partial charge in [0, 0.05) is 13.1 Å². The van der Waals surface area contributed by atoms with Gasteiger partial charge in [-0.1, -0.05) is 13.0 Å². The lowest BCUT2D eigenvalue weighted by molar-refractivity contribution is -0.137. The normalized spacial score (nSPS) is 22.7. The van der Waals surface area contributed by atoms with E-state index in [0.717, 1.165) is 12.0 Å². The van der Waals surface area contributed by atoms with Crippen LogP contribution >= 0.6 is 0 Å². The summed E-state index contributed by atoms with van der Waals surface area (Å²) in [5.74, 6) is -0.411. The number of halogens is 1. The Morgan fingerprint density at radius 2 is 2.30 bits per heavy atom. The SMILES string of the molecule is Cc1ccc(F)c(OCC(=O)N2CCC(C)C(O)C2)c1. The van der Waals surface area contributed by atoms with Gasteiger partial charge in [-0.15, -0.1) is 0 Å². The number of hydrogen-bond acceptors (Lipinski definition) is 3. The Morgan fingerprint density at radius 3 is 3.00 bits per heavy atom. The molecule has 1 aliphatic heterocycles. The molecule has 0 saturated carbocycles. The Kier molecular flexibility index (Phi) is 4.60. The van der Waals surface area contributed by atoms with Crippen LogP contribution in [0.15, 0.2) is 18.2 Å². The fourth-order valence-corrected chi connectivity index (χ4v) is 2.23. The Balaban J connectivity index is 1.90. The van der Waals surface area contributed by atoms with Crippen LogP contribution < -0.4 is 4.74 Å². The highest BCUT2D eigenvalue weighted by Crippen LogP contribution is 2.20. The topological polar surface area (TPSA) is 49.8 Å². The van der Waals surface area contributed by atoms with Crippen LogP contribution in [0.2, 0.25) is 0 Å². The Bertz CT molecular complexity index is 492. The van der Waals surface area contributed by atoms with Crippen molar-refractivity contribution >= 4 is 5.91 Å². The fraction of sp³-hybridized carbons (Fsp3) is 0.533. The molecular weight excluding hydrogens is 261 g/mol. The third-order valence-corrected chi connectivity index (χ3v) is 3.71. The molecule has 1 heterocycles. The summed E-state index contributed by atoms with van der Waals surface area (Å²) >= 11 is 0. The lowest BCUT2D eigenvalue weighted by Gasteiger charge is -2.34. The van der Waals surface area contributed by atoms with Gasteiger partial charge in [0.15, 0.2) is 18.2 Å². The zero-order chi connectivity index (χ0) is 14.7. The summed E-state index contributed by atoms with van der Waals surface area (Å²) in [6.45, 7) is 4.51. The van der Waals surface area contributed by atoms with Crippen molar-refractivity contribution in [2.24, 2.45) is 5.92 Å². The number of nitrogens with zero attached hydrogens (tertiary/aromatic N) is 1. The quantitative estimate of drug-likeness (QED) is 0.918. The van der Waals surface area contributed by atoms with Crippen molar-refractivity contribution in [1.29, 1.82) is 0 Å². The average molecular weight is 281 g/mol. The van der Waals surface area contributed by atoms with Gasteiger partial charge in [0.25, 0.3) is 5.91 Å². The van der Waals surface area contributed by atoms with Crippen LogP contribution in [0.3, 0.4) is 0 Å². The van der Waals surface area contributed by atoms with Crippen LogP contribution in [0.1, 0.15) is 18.9 Å². The molecule has 0 bridgehead atoms. The van der Waals surface area contributed by atoms with Gasteiger partial charge >= 0.3 is 0 Å². The Morgan fingerprint density at radius 1 is 1.55 bits per heavy atom. The fourth-order valence-electron chi connectivity index (χ4n) is 2.23. The van der Waals surface area contributed by atoms with Crippen LogP contribution in [0, 0.1) is 18.7 Å². The number of hydrogen-bond donors (Lipinski definition) is 1. The summed E-state index contributed by atoms with van der Waals surface area (Å²) in [6.07, 6.45) is 0.273. The Hall–Kier alpha value is -1.62. The summed E-state index contributed by atoms with van der Waals surface area (Å²) in [4.78, 5) is 13.6. The molecule has 1 saturated heterocycles. The molecule has 0 spiro atoms. The van der Waals surface area contributed by atoms with Crippen molar-refractivity contribution in [3.05, 3.63) is 29.6 Å². The van der Waals surface area contributed by atoms with Crippen molar-refractivity contribution in [2.75, 3.05) is 19.7 Å². The van der Waals surface area contributed by atoms with Crippen LogP contribution in [-0.2, 0) is 4.79 Å². The van der Waals surface area contributed by atoms with Gasteiger partial charge in [-0.2, -0.15) is 0 Å². The first-order valence-electron chi connectivity index (χ1n) is 6.82. The van der Waals surface area contributed by atoms with Crippen LogP contribution in [0.25, 0.3) is 0 Å². The van der Waals surface area contributed by atoms with Crippen LogP contribution in [0.4, 0.5) is 4.39 Å². The van der Waals surface area contributed by atoms with Gasteiger partial charge in [0.05, 0.1) is 6.10 Å². The second kappa shape index (κ2) is 6.22. The van der Waals surface area contributed by atoms with Crippen molar-refractivity contribution in [1.82, 2.24) is 4.90 Å². The number of ether oxygens (including phenoxy) is 1. The maximum Gasteiger partial charge on any atom is 0.260 e. The molecule has 1 N–H and O–H groups in total. The molecule has 1 aromatic carbocycles. The molecule has 2 atom stereocenters. The second-order valence-electron chi connectivity index (χ2n) is 5.40. The van der Waals surface area contributed by atoms with E-state index in [1.54, 1.807) is 17.0 Å². The second-order valence-corrected chi connectivity index (χ2v) is 5.40. The van der Waals surface area contributed by atoms with Crippen LogP contribution in [-0.4, -0.2) is 41.7 Å². The van der Waals surface area contributed by atoms with E-state index < -0.39 is 11.9 Å². The summed E-state index contributed by atoms with van der Waals surface area (Å²) in [5.41, 5.74) is 0.871. The molecule has 5 heteroatoms. The molecule has 2 unspecified atom stereocenters. The maximum absolute atomic E-state index is 13.5. The number of carbonyl (C=O) groups excluding carboxylic acids is 1. The van der Waals surface area contributed by atoms with Gasteiger partial charge in [0.2, 0.25) is 0 Å².